The van der Waals surface area contributed by atoms with Crippen LogP contribution in [0.5, 0.6) is 0 Å². The first-order chi connectivity index (χ1) is 4.31. The summed E-state index contributed by atoms with van der Waals surface area (Å²) in [5, 5.41) is 8.75. The third-order valence-electron chi connectivity index (χ3n) is 0.741. The highest BCUT2D eigenvalue weighted by atomic mass is 16.6. The van der Waals surface area contributed by atoms with Crippen molar-refractivity contribution in [2.45, 2.75) is 13.8 Å². The van der Waals surface area contributed by atoms with Crippen molar-refractivity contribution in [1.29, 1.82) is 0 Å². The van der Waals surface area contributed by atoms with Crippen LogP contribution in [0, 0.1) is 6.29 Å². The first kappa shape index (κ1) is 8.88. The largest absolute Gasteiger partial charge is 0.376 e. The van der Waals surface area contributed by atoms with Crippen molar-refractivity contribution < 1.29 is 14.6 Å². The van der Waals surface area contributed by atoms with Gasteiger partial charge in [-0.1, -0.05) is 0 Å². The number of ether oxygens (including phenoxy) is 2. The summed E-state index contributed by atoms with van der Waals surface area (Å²) >= 11 is 0. The highest BCUT2D eigenvalue weighted by Gasteiger charge is 2.02. The van der Waals surface area contributed by atoms with Gasteiger partial charge in [0.1, 0.15) is 6.61 Å². The predicted octanol–water partition coefficient (Wildman–Crippen LogP) is 0.921. The lowest BCUT2D eigenvalue weighted by atomic mass is 10.6. The van der Waals surface area contributed by atoms with Crippen molar-refractivity contribution in [3.05, 3.63) is 6.29 Å². The van der Waals surface area contributed by atoms with Crippen LogP contribution in [0.1, 0.15) is 13.8 Å². The summed E-state index contributed by atoms with van der Waals surface area (Å²) in [6, 6.07) is 0. The van der Waals surface area contributed by atoms with E-state index in [1.165, 1.54) is 0 Å². The second kappa shape index (κ2) is 6.01. The van der Waals surface area contributed by atoms with E-state index in [-0.39, 0.29) is 12.9 Å². The Kier molecular flexibility index (Phi) is 5.93. The Morgan fingerprint density at radius 2 is 2.00 bits per heavy atom. The lowest BCUT2D eigenvalue weighted by molar-refractivity contribution is -0.0407. The van der Waals surface area contributed by atoms with Gasteiger partial charge in [-0.25, -0.2) is 0 Å². The van der Waals surface area contributed by atoms with E-state index in [9.17, 15) is 0 Å². The van der Waals surface area contributed by atoms with Gasteiger partial charge in [-0.2, -0.15) is 0 Å². The van der Waals surface area contributed by atoms with Crippen molar-refractivity contribution >= 4 is 0 Å². The lowest BCUT2D eigenvalue weighted by Crippen LogP contribution is -2.09. The smallest absolute Gasteiger partial charge is 0.247 e. The van der Waals surface area contributed by atoms with Crippen molar-refractivity contribution in [2.75, 3.05) is 19.8 Å². The number of hydrogen-bond donors (Lipinski definition) is 1. The van der Waals surface area contributed by atoms with Crippen LogP contribution in [0.25, 0.3) is 0 Å². The lowest BCUT2D eigenvalue weighted by Gasteiger charge is -2.06. The van der Waals surface area contributed by atoms with E-state index in [1.807, 2.05) is 13.8 Å². The zero-order valence-corrected chi connectivity index (χ0v) is 5.89. The maximum absolute atomic E-state index is 8.75. The van der Waals surface area contributed by atoms with Gasteiger partial charge in [-0.15, -0.1) is 0 Å². The van der Waals surface area contributed by atoms with E-state index in [2.05, 4.69) is 0 Å². The molecule has 0 fully saturated rings. The van der Waals surface area contributed by atoms with Gasteiger partial charge in [-0.3, -0.25) is 0 Å². The minimum atomic E-state index is -0.0423. The summed E-state index contributed by atoms with van der Waals surface area (Å²) in [4.78, 5) is 0. The quantitative estimate of drug-likeness (QED) is 0.606. The molecule has 1 radical (unpaired) electrons. The fraction of sp³-hybridized carbons (Fsp3) is 0.833. The van der Waals surface area contributed by atoms with Gasteiger partial charge in [0, 0.05) is 13.2 Å². The molecule has 0 bridgehead atoms. The fourth-order valence-electron chi connectivity index (χ4n) is 0.398. The normalized spacial score (nSPS) is 10.7. The first-order valence-corrected chi connectivity index (χ1v) is 3.06. The summed E-state index contributed by atoms with van der Waals surface area (Å²) in [6.45, 7) is 4.93. The van der Waals surface area contributed by atoms with Crippen LogP contribution in [-0.4, -0.2) is 24.9 Å². The van der Waals surface area contributed by atoms with Crippen LogP contribution < -0.4 is 0 Å². The molecule has 0 aromatic carbocycles. The predicted molar refractivity (Wildman–Crippen MR) is 33.3 cm³/mol. The summed E-state index contributed by atoms with van der Waals surface area (Å²) in [5.74, 6) is 0. The molecule has 0 aromatic rings. The van der Waals surface area contributed by atoms with Crippen LogP contribution in [0.4, 0.5) is 0 Å². The number of rotatable bonds is 5. The Labute approximate surface area is 55.6 Å². The van der Waals surface area contributed by atoms with Crippen molar-refractivity contribution in [3.8, 4) is 0 Å². The summed E-state index contributed by atoms with van der Waals surface area (Å²) in [5.41, 5.74) is 0. The molecule has 3 nitrogen and oxygen atoms in total. The van der Waals surface area contributed by atoms with Gasteiger partial charge in [0.15, 0.2) is 0 Å². The molecule has 0 saturated carbocycles. The molecule has 0 aliphatic rings. The average Bonchev–Trinajstić information content (AvgIpc) is 1.85. The molecule has 0 atom stereocenters. The van der Waals surface area contributed by atoms with Gasteiger partial charge in [-0.05, 0) is 13.8 Å². The van der Waals surface area contributed by atoms with Crippen molar-refractivity contribution in [2.24, 2.45) is 0 Å². The summed E-state index contributed by atoms with van der Waals surface area (Å²) in [7, 11) is 0. The highest BCUT2D eigenvalue weighted by molar-refractivity contribution is 4.57. The molecule has 0 aliphatic carbocycles. The highest BCUT2D eigenvalue weighted by Crippen LogP contribution is 1.95. The van der Waals surface area contributed by atoms with Gasteiger partial charge in [0.2, 0.25) is 6.29 Å². The van der Waals surface area contributed by atoms with Crippen LogP contribution in [0.3, 0.4) is 0 Å². The first-order valence-electron chi connectivity index (χ1n) is 3.06. The third kappa shape index (κ3) is 5.76. The molecule has 9 heavy (non-hydrogen) atoms. The van der Waals surface area contributed by atoms with Crippen LogP contribution in [-0.2, 0) is 9.47 Å². The standard InChI is InChI=1S/C6H13O3/c1-3-8-5-6(7)9-4-2/h7H,3-5H2,1-2H3. The minimum absolute atomic E-state index is 0.0423. The number of aliphatic hydroxyl groups excluding tert-OH is 1. The molecule has 0 unspecified atom stereocenters. The third-order valence-corrected chi connectivity index (χ3v) is 0.741. The minimum Gasteiger partial charge on any atom is -0.376 e. The molecule has 0 rings (SSSR count). The topological polar surface area (TPSA) is 38.7 Å². The zero-order valence-electron chi connectivity index (χ0n) is 5.89. The van der Waals surface area contributed by atoms with Gasteiger partial charge in [0.25, 0.3) is 0 Å². The Morgan fingerprint density at radius 1 is 1.33 bits per heavy atom. The number of aliphatic hydroxyl groups is 1. The molecule has 0 heterocycles. The molecule has 0 aromatic heterocycles. The molecule has 1 N–H and O–H groups in total. The second-order valence-electron chi connectivity index (χ2n) is 1.46. The zero-order chi connectivity index (χ0) is 7.11. The summed E-state index contributed by atoms with van der Waals surface area (Å²) in [6.07, 6.45) is -0.0423. The molecule has 0 amide bonds. The monoisotopic (exact) mass is 133 g/mol. The molecule has 0 aliphatic heterocycles. The van der Waals surface area contributed by atoms with E-state index < -0.39 is 0 Å². The summed E-state index contributed by atoms with van der Waals surface area (Å²) < 4.78 is 9.53. The van der Waals surface area contributed by atoms with Crippen molar-refractivity contribution in [1.82, 2.24) is 0 Å². The molecular weight excluding hydrogens is 120 g/mol. The van der Waals surface area contributed by atoms with Gasteiger partial charge < -0.3 is 14.6 Å². The van der Waals surface area contributed by atoms with Gasteiger partial charge in [0.05, 0.1) is 0 Å². The molecule has 3 heteroatoms. The van der Waals surface area contributed by atoms with Gasteiger partial charge >= 0.3 is 0 Å². The number of hydrogen-bond acceptors (Lipinski definition) is 3. The Balaban J connectivity index is 2.95. The van der Waals surface area contributed by atoms with E-state index in [4.69, 9.17) is 14.6 Å². The Morgan fingerprint density at radius 3 is 2.44 bits per heavy atom. The Hall–Kier alpha value is -0.120. The molecule has 0 saturated heterocycles. The average molecular weight is 133 g/mol. The SMILES string of the molecule is CCOC[C](O)OCC. The fourth-order valence-corrected chi connectivity index (χ4v) is 0.398. The maximum atomic E-state index is 8.75. The molecule has 55 valence electrons. The Bertz CT molecular complexity index is 56.3. The molecule has 0 spiro atoms. The second-order valence-corrected chi connectivity index (χ2v) is 1.46. The van der Waals surface area contributed by atoms with Crippen LogP contribution in [0.15, 0.2) is 0 Å². The van der Waals surface area contributed by atoms with Crippen LogP contribution in [0.2, 0.25) is 0 Å². The van der Waals surface area contributed by atoms with E-state index in [1.54, 1.807) is 0 Å². The van der Waals surface area contributed by atoms with E-state index in [0.29, 0.717) is 13.2 Å². The molecular formula is C6H13O3. The van der Waals surface area contributed by atoms with E-state index >= 15 is 0 Å². The van der Waals surface area contributed by atoms with Crippen molar-refractivity contribution in [3.63, 3.8) is 0 Å². The van der Waals surface area contributed by atoms with Crippen LogP contribution >= 0.6 is 0 Å². The maximum Gasteiger partial charge on any atom is 0.247 e. The van der Waals surface area contributed by atoms with E-state index in [0.717, 1.165) is 0 Å².